The number of hydrogen-bond acceptors (Lipinski definition) is 10. The van der Waals surface area contributed by atoms with Gasteiger partial charge in [-0.1, -0.05) is 85.8 Å². The number of unbranched alkanes of at least 4 members (excludes halogenated alkanes) is 12. The number of ether oxygens (including phenoxy) is 2. The van der Waals surface area contributed by atoms with Crippen LogP contribution in [0.5, 0.6) is 0 Å². The summed E-state index contributed by atoms with van der Waals surface area (Å²) in [5.41, 5.74) is 11.0. The molecule has 6 N–H and O–H groups in total. The van der Waals surface area contributed by atoms with Gasteiger partial charge >= 0.3 is 11.9 Å². The summed E-state index contributed by atoms with van der Waals surface area (Å²) in [6.07, 6.45) is 15.4. The van der Waals surface area contributed by atoms with Crippen LogP contribution in [0.2, 0.25) is 0 Å². The first kappa shape index (κ1) is 38.5. The first-order valence-electron chi connectivity index (χ1n) is 14.8. The lowest BCUT2D eigenvalue weighted by Gasteiger charge is -2.18. The van der Waals surface area contributed by atoms with Gasteiger partial charge in [0.25, 0.3) is 0 Å². The van der Waals surface area contributed by atoms with Gasteiger partial charge in [-0.15, -0.1) is 0 Å². The van der Waals surface area contributed by atoms with Crippen LogP contribution in [0.25, 0.3) is 0 Å². The molecule has 0 aliphatic heterocycles. The molecule has 2 unspecified atom stereocenters. The lowest BCUT2D eigenvalue weighted by atomic mass is 10.1. The van der Waals surface area contributed by atoms with E-state index in [1.807, 2.05) is 0 Å². The van der Waals surface area contributed by atoms with Gasteiger partial charge in [-0.3, -0.25) is 9.59 Å². The van der Waals surface area contributed by atoms with Gasteiger partial charge in [-0.25, -0.2) is 9.59 Å². The van der Waals surface area contributed by atoms with Gasteiger partial charge in [0.2, 0.25) is 11.8 Å². The molecule has 2 atom stereocenters. The second-order valence-electron chi connectivity index (χ2n) is 9.88. The molecule has 10 nitrogen and oxygen atoms in total. The summed E-state index contributed by atoms with van der Waals surface area (Å²) < 4.78 is 9.69. The van der Waals surface area contributed by atoms with Crippen LogP contribution in [0.1, 0.15) is 103 Å². The minimum Gasteiger partial charge on any atom is -0.467 e. The lowest BCUT2D eigenvalue weighted by Crippen LogP contribution is -2.44. The van der Waals surface area contributed by atoms with E-state index in [0.717, 1.165) is 90.1 Å². The zero-order valence-electron chi connectivity index (χ0n) is 24.7. The van der Waals surface area contributed by atoms with Crippen LogP contribution in [0.4, 0.5) is 0 Å². The molecule has 0 aliphatic carbocycles. The average molecular weight is 607 g/mol. The van der Waals surface area contributed by atoms with E-state index in [0.29, 0.717) is 12.8 Å². The fourth-order valence-corrected chi connectivity index (χ4v) is 6.31. The maximum atomic E-state index is 12.4. The molecule has 0 bridgehead atoms. The first-order valence-corrected chi connectivity index (χ1v) is 17.3. The van der Waals surface area contributed by atoms with Crippen LogP contribution in [0.3, 0.4) is 0 Å². The van der Waals surface area contributed by atoms with Crippen molar-refractivity contribution in [3.8, 4) is 0 Å². The van der Waals surface area contributed by atoms with Gasteiger partial charge in [0.1, 0.15) is 12.1 Å². The van der Waals surface area contributed by atoms with Crippen LogP contribution in [-0.2, 0) is 28.7 Å². The summed E-state index contributed by atoms with van der Waals surface area (Å²) >= 11 is 0. The van der Waals surface area contributed by atoms with Gasteiger partial charge in [-0.05, 0) is 38.8 Å². The Morgan fingerprint density at radius 2 is 0.850 bits per heavy atom. The molecule has 2 amide bonds. The summed E-state index contributed by atoms with van der Waals surface area (Å²) in [6, 6.07) is -1.57. The Kier molecular flexibility index (Phi) is 26.6. The van der Waals surface area contributed by atoms with E-state index in [-0.39, 0.29) is 23.3 Å². The Morgan fingerprint density at radius 1 is 0.550 bits per heavy atom. The number of rotatable bonds is 27. The highest BCUT2D eigenvalue weighted by Gasteiger charge is 2.24. The zero-order valence-corrected chi connectivity index (χ0v) is 26.4. The molecule has 0 spiro atoms. The monoisotopic (exact) mass is 606 g/mol. The molecule has 0 aliphatic rings. The molecule has 40 heavy (non-hydrogen) atoms. The van der Waals surface area contributed by atoms with E-state index < -0.39 is 24.0 Å². The maximum Gasteiger partial charge on any atom is 0.329 e. The third-order valence-corrected chi connectivity index (χ3v) is 8.83. The number of methoxy groups -OCH3 is 2. The summed E-state index contributed by atoms with van der Waals surface area (Å²) in [7, 11) is 5.23. The van der Waals surface area contributed by atoms with Crippen molar-refractivity contribution in [2.75, 3.05) is 38.8 Å². The number of nitrogens with two attached hydrogens (primary N) is 2. The fourth-order valence-electron chi connectivity index (χ4n) is 4.01. The van der Waals surface area contributed by atoms with Crippen molar-refractivity contribution >= 4 is 45.3 Å². The minimum atomic E-state index is -0.785. The number of hydrogen-bond donors (Lipinski definition) is 4. The number of esters is 2. The van der Waals surface area contributed by atoms with Crippen LogP contribution < -0.4 is 22.1 Å². The minimum absolute atomic E-state index is 0.181. The molecular formula is C28H54N4O6S2. The topological polar surface area (TPSA) is 163 Å². The first-order chi connectivity index (χ1) is 19.4. The largest absolute Gasteiger partial charge is 0.467 e. The molecule has 0 radical (unpaired) electrons. The predicted octanol–water partition coefficient (Wildman–Crippen LogP) is 3.84. The van der Waals surface area contributed by atoms with Crippen molar-refractivity contribution in [3.05, 3.63) is 0 Å². The molecule has 0 saturated heterocycles. The van der Waals surface area contributed by atoms with Crippen LogP contribution in [-0.4, -0.2) is 74.7 Å². The molecule has 0 saturated carbocycles. The molecule has 0 heterocycles. The van der Waals surface area contributed by atoms with Crippen LogP contribution in [0.15, 0.2) is 0 Å². The summed E-state index contributed by atoms with van der Waals surface area (Å²) in [5, 5.41) is 5.52. The quantitative estimate of drug-likeness (QED) is 0.0614. The van der Waals surface area contributed by atoms with Crippen molar-refractivity contribution in [2.24, 2.45) is 11.5 Å². The van der Waals surface area contributed by atoms with E-state index in [9.17, 15) is 19.2 Å². The van der Waals surface area contributed by atoms with Crippen molar-refractivity contribution in [1.29, 1.82) is 0 Å². The van der Waals surface area contributed by atoms with Gasteiger partial charge in [0.15, 0.2) is 0 Å². The summed E-state index contributed by atoms with van der Waals surface area (Å²) in [5.74, 6) is -0.842. The lowest BCUT2D eigenvalue weighted by molar-refractivity contribution is -0.144. The van der Waals surface area contributed by atoms with Crippen molar-refractivity contribution in [1.82, 2.24) is 10.6 Å². The van der Waals surface area contributed by atoms with Crippen molar-refractivity contribution in [3.63, 3.8) is 0 Å². The van der Waals surface area contributed by atoms with Gasteiger partial charge in [-0.2, -0.15) is 0 Å². The summed E-state index contributed by atoms with van der Waals surface area (Å²) in [6.45, 7) is 1.47. The third-order valence-electron chi connectivity index (χ3n) is 6.41. The van der Waals surface area contributed by atoms with Crippen molar-refractivity contribution in [2.45, 2.75) is 115 Å². The molecule has 0 rings (SSSR count). The molecule has 0 aromatic carbocycles. The number of carbonyl (C=O) groups is 4. The highest BCUT2D eigenvalue weighted by molar-refractivity contribution is 8.76. The molecule has 234 valence electrons. The maximum absolute atomic E-state index is 12.4. The second kappa shape index (κ2) is 27.7. The van der Waals surface area contributed by atoms with E-state index in [1.165, 1.54) is 48.6 Å². The normalized spacial score (nSPS) is 12.4. The predicted molar refractivity (Wildman–Crippen MR) is 165 cm³/mol. The standard InChI is InChI=1S/C28H54N4O6S2/c1-37-27(35)23(31-25(33)17-13-9-5-3-7-11-15-19-29)21-39-40-22-24(28(36)38-2)32-26(34)18-14-10-6-4-8-12-16-20-30/h23-24H,3-22,29-30H2,1-2H3,(H,31,33)(H,32,34). The Bertz CT molecular complexity index is 631. The van der Waals surface area contributed by atoms with Gasteiger partial charge < -0.3 is 31.6 Å². The molecule has 12 heteroatoms. The number of amides is 2. The molecule has 0 fully saturated rings. The van der Waals surface area contributed by atoms with Crippen LogP contribution in [0, 0.1) is 0 Å². The van der Waals surface area contributed by atoms with E-state index >= 15 is 0 Å². The Balaban J connectivity index is 4.33. The smallest absolute Gasteiger partial charge is 0.329 e. The van der Waals surface area contributed by atoms with Gasteiger partial charge in [0, 0.05) is 24.3 Å². The number of carbonyl (C=O) groups excluding carboxylic acids is 4. The fraction of sp³-hybridized carbons (Fsp3) is 0.857. The van der Waals surface area contributed by atoms with Crippen molar-refractivity contribution < 1.29 is 28.7 Å². The van der Waals surface area contributed by atoms with E-state index in [2.05, 4.69) is 10.6 Å². The highest BCUT2D eigenvalue weighted by Crippen LogP contribution is 2.24. The summed E-state index contributed by atoms with van der Waals surface area (Å²) in [4.78, 5) is 49.1. The van der Waals surface area contributed by atoms with E-state index in [1.54, 1.807) is 0 Å². The average Bonchev–Trinajstić information content (AvgIpc) is 2.95. The Morgan fingerprint density at radius 3 is 1.15 bits per heavy atom. The molecule has 0 aromatic heterocycles. The Labute approximate surface area is 249 Å². The Hall–Kier alpha value is -1.50. The molecular weight excluding hydrogens is 552 g/mol. The second-order valence-corrected chi connectivity index (χ2v) is 12.4. The van der Waals surface area contributed by atoms with Crippen LogP contribution >= 0.6 is 21.6 Å². The van der Waals surface area contributed by atoms with Gasteiger partial charge in [0.05, 0.1) is 14.2 Å². The number of nitrogens with one attached hydrogen (secondary N) is 2. The van der Waals surface area contributed by atoms with E-state index in [4.69, 9.17) is 20.9 Å². The SMILES string of the molecule is COC(=O)C(CSSCC(NC(=O)CCCCCCCCCN)C(=O)OC)NC(=O)CCCCCCCCCN. The highest BCUT2D eigenvalue weighted by atomic mass is 33.1. The molecule has 0 aromatic rings. The third kappa shape index (κ3) is 22.2. The zero-order chi connectivity index (χ0) is 29.8.